The number of aliphatic imine (C=N–C) groups is 1. The molecule has 112 valence electrons. The Morgan fingerprint density at radius 3 is 2.48 bits per heavy atom. The number of ether oxygens (including phenoxy) is 1. The van der Waals surface area contributed by atoms with E-state index >= 15 is 0 Å². The first kappa shape index (κ1) is 15.1. The molecule has 2 rings (SSSR count). The van der Waals surface area contributed by atoms with Crippen molar-refractivity contribution < 1.29 is 22.7 Å². The molecule has 1 aliphatic rings. The molecule has 0 bridgehead atoms. The summed E-state index contributed by atoms with van der Waals surface area (Å²) in [5.74, 6) is -4.28. The van der Waals surface area contributed by atoms with E-state index < -0.39 is 23.5 Å². The van der Waals surface area contributed by atoms with E-state index in [1.165, 1.54) is 20.2 Å². The summed E-state index contributed by atoms with van der Waals surface area (Å²) in [6.45, 7) is 1.39. The van der Waals surface area contributed by atoms with Crippen molar-refractivity contribution >= 4 is 11.8 Å². The van der Waals surface area contributed by atoms with E-state index in [2.05, 4.69) is 10.3 Å². The van der Waals surface area contributed by atoms with E-state index in [-0.39, 0.29) is 23.8 Å². The molecule has 7 heteroatoms. The number of nitrogens with zero attached hydrogens (tertiary/aromatic N) is 1. The molecular formula is C14H13F3N2O2. The topological polar surface area (TPSA) is 50.7 Å². The van der Waals surface area contributed by atoms with Crippen LogP contribution in [-0.2, 0) is 9.53 Å². The van der Waals surface area contributed by atoms with Crippen molar-refractivity contribution in [2.24, 2.45) is 4.99 Å². The van der Waals surface area contributed by atoms with Crippen LogP contribution in [0.4, 0.5) is 13.2 Å². The van der Waals surface area contributed by atoms with Gasteiger partial charge in [-0.1, -0.05) is 0 Å². The van der Waals surface area contributed by atoms with Gasteiger partial charge in [0.15, 0.2) is 17.5 Å². The van der Waals surface area contributed by atoms with E-state index in [1.54, 1.807) is 0 Å². The quantitative estimate of drug-likeness (QED) is 0.873. The normalized spacial score (nSPS) is 17.7. The van der Waals surface area contributed by atoms with Crippen LogP contribution in [0.5, 0.6) is 0 Å². The fraction of sp³-hybridized carbons (Fsp3) is 0.286. The largest absolute Gasteiger partial charge is 0.468 e. The van der Waals surface area contributed by atoms with Crippen LogP contribution in [0.2, 0.25) is 0 Å². The molecule has 0 saturated heterocycles. The molecule has 1 N–H and O–H groups in total. The number of halogens is 3. The van der Waals surface area contributed by atoms with Gasteiger partial charge in [-0.2, -0.15) is 0 Å². The Hall–Kier alpha value is -2.31. The Morgan fingerprint density at radius 2 is 1.95 bits per heavy atom. The number of rotatable bonds is 3. The fourth-order valence-electron chi connectivity index (χ4n) is 2.04. The molecule has 1 atom stereocenters. The molecule has 0 radical (unpaired) electrons. The van der Waals surface area contributed by atoms with Crippen molar-refractivity contribution in [2.75, 3.05) is 7.11 Å². The average molecular weight is 298 g/mol. The summed E-state index contributed by atoms with van der Waals surface area (Å²) in [7, 11) is 1.37. The fourth-order valence-corrected chi connectivity index (χ4v) is 2.04. The van der Waals surface area contributed by atoms with Crippen LogP contribution < -0.4 is 5.32 Å². The average Bonchev–Trinajstić information content (AvgIpc) is 2.44. The van der Waals surface area contributed by atoms with E-state index in [9.17, 15) is 18.0 Å². The second-order valence-electron chi connectivity index (χ2n) is 4.58. The van der Waals surface area contributed by atoms with Crippen LogP contribution in [0.25, 0.3) is 0 Å². The zero-order valence-corrected chi connectivity index (χ0v) is 11.4. The Balaban J connectivity index is 2.45. The summed E-state index contributed by atoms with van der Waals surface area (Å²) in [4.78, 5) is 15.4. The lowest BCUT2D eigenvalue weighted by Gasteiger charge is -2.22. The highest BCUT2D eigenvalue weighted by Crippen LogP contribution is 2.31. The third-order valence-electron chi connectivity index (χ3n) is 2.95. The number of Topliss-reactive ketones (excluding diaryl/α,β-unsaturated/α-hetero) is 1. The Bertz CT molecular complexity index is 618. The lowest BCUT2D eigenvalue weighted by Crippen LogP contribution is -2.26. The highest BCUT2D eigenvalue weighted by molar-refractivity contribution is 5.81. The summed E-state index contributed by atoms with van der Waals surface area (Å²) < 4.78 is 44.7. The second-order valence-corrected chi connectivity index (χ2v) is 4.58. The minimum Gasteiger partial charge on any atom is -0.468 e. The zero-order valence-electron chi connectivity index (χ0n) is 11.4. The molecule has 1 aromatic rings. The number of carbonyl (C=O) groups is 1. The maximum absolute atomic E-state index is 13.4. The first-order valence-electron chi connectivity index (χ1n) is 6.13. The van der Waals surface area contributed by atoms with Crippen molar-refractivity contribution in [1.29, 1.82) is 0 Å². The van der Waals surface area contributed by atoms with E-state index in [4.69, 9.17) is 4.74 Å². The molecule has 1 aromatic carbocycles. The molecule has 1 heterocycles. The molecule has 0 saturated carbocycles. The third kappa shape index (κ3) is 3.24. The number of methoxy groups -OCH3 is 1. The molecule has 0 fully saturated rings. The van der Waals surface area contributed by atoms with Gasteiger partial charge in [0.2, 0.25) is 0 Å². The number of amidine groups is 1. The second kappa shape index (κ2) is 5.99. The van der Waals surface area contributed by atoms with E-state index in [1.807, 2.05) is 0 Å². The lowest BCUT2D eigenvalue weighted by molar-refractivity contribution is -0.116. The van der Waals surface area contributed by atoms with Crippen molar-refractivity contribution in [1.82, 2.24) is 5.32 Å². The standard InChI is InChI=1S/C14H13F3N2O2/c1-7(20)3-9-6-18-14(21-2)19-13(9)8-4-10(15)12(17)11(16)5-8/h4-6,13H,3H2,1-2H3,(H,18,19). The lowest BCUT2D eigenvalue weighted by atomic mass is 9.95. The van der Waals surface area contributed by atoms with Gasteiger partial charge in [0.1, 0.15) is 11.8 Å². The van der Waals surface area contributed by atoms with Crippen LogP contribution in [-0.4, -0.2) is 18.9 Å². The van der Waals surface area contributed by atoms with Crippen molar-refractivity contribution in [2.45, 2.75) is 19.4 Å². The molecule has 21 heavy (non-hydrogen) atoms. The number of ketones is 1. The van der Waals surface area contributed by atoms with Crippen molar-refractivity contribution in [3.63, 3.8) is 0 Å². The zero-order chi connectivity index (χ0) is 15.6. The molecule has 0 spiro atoms. The van der Waals surface area contributed by atoms with Gasteiger partial charge < -0.3 is 10.1 Å². The summed E-state index contributed by atoms with van der Waals surface area (Å²) >= 11 is 0. The van der Waals surface area contributed by atoms with Crippen LogP contribution in [0.1, 0.15) is 24.9 Å². The summed E-state index contributed by atoms with van der Waals surface area (Å²) in [5.41, 5.74) is 0.614. The highest BCUT2D eigenvalue weighted by atomic mass is 19.2. The van der Waals surface area contributed by atoms with Crippen LogP contribution in [0.3, 0.4) is 0 Å². The molecule has 1 unspecified atom stereocenters. The predicted molar refractivity (Wildman–Crippen MR) is 70.0 cm³/mol. The van der Waals surface area contributed by atoms with E-state index in [0.29, 0.717) is 5.57 Å². The van der Waals surface area contributed by atoms with Crippen LogP contribution >= 0.6 is 0 Å². The van der Waals surface area contributed by atoms with Crippen LogP contribution in [0, 0.1) is 17.5 Å². The first-order chi connectivity index (χ1) is 9.92. The Labute approximate surface area is 119 Å². The van der Waals surface area contributed by atoms with E-state index in [0.717, 1.165) is 12.1 Å². The summed E-state index contributed by atoms with van der Waals surface area (Å²) in [6, 6.07) is 1.05. The molecule has 0 amide bonds. The predicted octanol–water partition coefficient (Wildman–Crippen LogP) is 2.61. The van der Waals surface area contributed by atoms with Gasteiger partial charge in [-0.05, 0) is 30.2 Å². The number of hydrogen-bond donors (Lipinski definition) is 1. The van der Waals surface area contributed by atoms with Gasteiger partial charge in [-0.15, -0.1) is 0 Å². The molecule has 4 nitrogen and oxygen atoms in total. The van der Waals surface area contributed by atoms with Gasteiger partial charge in [0, 0.05) is 12.6 Å². The highest BCUT2D eigenvalue weighted by Gasteiger charge is 2.24. The van der Waals surface area contributed by atoms with Crippen molar-refractivity contribution in [3.8, 4) is 0 Å². The molecule has 0 aromatic heterocycles. The Morgan fingerprint density at radius 1 is 1.33 bits per heavy atom. The Kier molecular flexibility index (Phi) is 4.30. The SMILES string of the molecule is COC1=NC(c2cc(F)c(F)c(F)c2)C(CC(C)=O)=CN1. The summed E-state index contributed by atoms with van der Waals surface area (Å²) in [5, 5.41) is 2.72. The monoisotopic (exact) mass is 298 g/mol. The number of nitrogens with one attached hydrogen (secondary N) is 1. The third-order valence-corrected chi connectivity index (χ3v) is 2.95. The summed E-state index contributed by atoms with van der Waals surface area (Å²) in [6.07, 6.45) is 1.55. The molecule has 1 aliphatic heterocycles. The minimum absolute atomic E-state index is 0.0543. The van der Waals surface area contributed by atoms with Crippen molar-refractivity contribution in [3.05, 3.63) is 46.9 Å². The van der Waals surface area contributed by atoms with Gasteiger partial charge in [-0.25, -0.2) is 18.2 Å². The van der Waals surface area contributed by atoms with Gasteiger partial charge in [-0.3, -0.25) is 4.79 Å². The first-order valence-corrected chi connectivity index (χ1v) is 6.13. The minimum atomic E-state index is -1.54. The smallest absolute Gasteiger partial charge is 0.289 e. The van der Waals surface area contributed by atoms with Gasteiger partial charge in [0.25, 0.3) is 6.02 Å². The van der Waals surface area contributed by atoms with Gasteiger partial charge in [0.05, 0.1) is 7.11 Å². The maximum Gasteiger partial charge on any atom is 0.289 e. The van der Waals surface area contributed by atoms with Crippen LogP contribution in [0.15, 0.2) is 28.9 Å². The molecular weight excluding hydrogens is 285 g/mol. The van der Waals surface area contributed by atoms with Gasteiger partial charge >= 0.3 is 0 Å². The maximum atomic E-state index is 13.4. The number of hydrogen-bond acceptors (Lipinski definition) is 4. The molecule has 0 aliphatic carbocycles. The number of benzene rings is 1. The number of carbonyl (C=O) groups excluding carboxylic acids is 1.